The van der Waals surface area contributed by atoms with Gasteiger partial charge in [0.1, 0.15) is 11.6 Å². The molecule has 0 spiro atoms. The zero-order valence-corrected chi connectivity index (χ0v) is 10.7. The SMILES string of the molecule is Cc1ccc(-c2nc(-c3ccccc3F)no2)cc1O. The molecule has 0 aliphatic heterocycles. The molecule has 3 aromatic rings. The number of aromatic nitrogens is 2. The highest BCUT2D eigenvalue weighted by molar-refractivity contribution is 5.61. The summed E-state index contributed by atoms with van der Waals surface area (Å²) >= 11 is 0. The lowest BCUT2D eigenvalue weighted by atomic mass is 10.1. The standard InChI is InChI=1S/C15H11FN2O2/c1-9-6-7-10(8-13(9)19)15-17-14(18-20-15)11-4-2-3-5-12(11)16/h2-8,19H,1H3. The van der Waals surface area contributed by atoms with E-state index >= 15 is 0 Å². The minimum atomic E-state index is -0.411. The van der Waals surface area contributed by atoms with Crippen LogP contribution in [0.4, 0.5) is 4.39 Å². The molecular weight excluding hydrogens is 259 g/mol. The summed E-state index contributed by atoms with van der Waals surface area (Å²) in [7, 11) is 0. The lowest BCUT2D eigenvalue weighted by Gasteiger charge is -1.99. The number of aryl methyl sites for hydroxylation is 1. The normalized spacial score (nSPS) is 10.7. The second-order valence-corrected chi connectivity index (χ2v) is 4.40. The molecule has 0 aliphatic rings. The van der Waals surface area contributed by atoms with Gasteiger partial charge in [-0.3, -0.25) is 0 Å². The van der Waals surface area contributed by atoms with Gasteiger partial charge >= 0.3 is 0 Å². The van der Waals surface area contributed by atoms with Gasteiger partial charge in [-0.1, -0.05) is 23.4 Å². The van der Waals surface area contributed by atoms with Gasteiger partial charge in [-0.15, -0.1) is 0 Å². The van der Waals surface area contributed by atoms with Crippen LogP contribution in [0.2, 0.25) is 0 Å². The van der Waals surface area contributed by atoms with Crippen LogP contribution in [-0.2, 0) is 0 Å². The molecule has 0 unspecified atom stereocenters. The fourth-order valence-electron chi connectivity index (χ4n) is 1.84. The Kier molecular flexibility index (Phi) is 2.95. The van der Waals surface area contributed by atoms with Crippen molar-refractivity contribution in [1.82, 2.24) is 10.1 Å². The van der Waals surface area contributed by atoms with Crippen molar-refractivity contribution in [3.05, 3.63) is 53.8 Å². The van der Waals surface area contributed by atoms with E-state index in [0.717, 1.165) is 5.56 Å². The summed E-state index contributed by atoms with van der Waals surface area (Å²) in [6.45, 7) is 1.79. The van der Waals surface area contributed by atoms with E-state index < -0.39 is 5.82 Å². The second-order valence-electron chi connectivity index (χ2n) is 4.40. The highest BCUT2D eigenvalue weighted by atomic mass is 19.1. The van der Waals surface area contributed by atoms with E-state index in [0.29, 0.717) is 5.56 Å². The van der Waals surface area contributed by atoms with Gasteiger partial charge in [0, 0.05) is 5.56 Å². The Morgan fingerprint density at radius 3 is 2.70 bits per heavy atom. The highest BCUT2D eigenvalue weighted by Gasteiger charge is 2.14. The van der Waals surface area contributed by atoms with Gasteiger partial charge in [-0.25, -0.2) is 4.39 Å². The first-order valence-corrected chi connectivity index (χ1v) is 6.04. The number of phenolic OH excluding ortho intramolecular Hbond substituents is 1. The van der Waals surface area contributed by atoms with Crippen molar-refractivity contribution < 1.29 is 14.0 Å². The van der Waals surface area contributed by atoms with Crippen molar-refractivity contribution in [2.75, 3.05) is 0 Å². The first-order chi connectivity index (χ1) is 9.65. The maximum atomic E-state index is 13.6. The third-order valence-corrected chi connectivity index (χ3v) is 3.00. The maximum absolute atomic E-state index is 13.6. The average molecular weight is 270 g/mol. The second kappa shape index (κ2) is 4.77. The van der Waals surface area contributed by atoms with Crippen LogP contribution in [0, 0.1) is 12.7 Å². The maximum Gasteiger partial charge on any atom is 0.258 e. The smallest absolute Gasteiger partial charge is 0.258 e. The van der Waals surface area contributed by atoms with E-state index in [9.17, 15) is 9.50 Å². The zero-order chi connectivity index (χ0) is 14.1. The van der Waals surface area contributed by atoms with Crippen molar-refractivity contribution in [2.24, 2.45) is 0 Å². The van der Waals surface area contributed by atoms with Gasteiger partial charge in [0.25, 0.3) is 5.89 Å². The molecule has 0 fully saturated rings. The molecule has 3 rings (SSSR count). The number of nitrogens with zero attached hydrogens (tertiary/aromatic N) is 2. The van der Waals surface area contributed by atoms with Gasteiger partial charge in [-0.05, 0) is 36.8 Å². The number of rotatable bonds is 2. The fourth-order valence-corrected chi connectivity index (χ4v) is 1.84. The summed E-state index contributed by atoms with van der Waals surface area (Å²) < 4.78 is 18.8. The molecule has 1 aromatic heterocycles. The molecule has 0 radical (unpaired) electrons. The molecule has 0 bridgehead atoms. The predicted octanol–water partition coefficient (Wildman–Crippen LogP) is 3.56. The molecular formula is C15H11FN2O2. The van der Waals surface area contributed by atoms with Gasteiger partial charge < -0.3 is 9.63 Å². The van der Waals surface area contributed by atoms with E-state index in [2.05, 4.69) is 10.1 Å². The molecule has 1 heterocycles. The molecule has 100 valence electrons. The van der Waals surface area contributed by atoms with E-state index in [1.165, 1.54) is 12.1 Å². The van der Waals surface area contributed by atoms with Crippen LogP contribution in [0.1, 0.15) is 5.56 Å². The van der Waals surface area contributed by atoms with Crippen LogP contribution >= 0.6 is 0 Å². The molecule has 0 saturated carbocycles. The average Bonchev–Trinajstić information content (AvgIpc) is 2.92. The third kappa shape index (κ3) is 2.14. The quantitative estimate of drug-likeness (QED) is 0.773. The molecule has 0 atom stereocenters. The Hall–Kier alpha value is -2.69. The Bertz CT molecular complexity index is 768. The topological polar surface area (TPSA) is 59.2 Å². The Morgan fingerprint density at radius 2 is 1.95 bits per heavy atom. The van der Waals surface area contributed by atoms with Crippen molar-refractivity contribution in [1.29, 1.82) is 0 Å². The van der Waals surface area contributed by atoms with Gasteiger partial charge in [0.15, 0.2) is 0 Å². The number of benzene rings is 2. The van der Waals surface area contributed by atoms with E-state index in [4.69, 9.17) is 4.52 Å². The highest BCUT2D eigenvalue weighted by Crippen LogP contribution is 2.27. The Balaban J connectivity index is 2.02. The van der Waals surface area contributed by atoms with Gasteiger partial charge in [-0.2, -0.15) is 4.98 Å². The van der Waals surface area contributed by atoms with Crippen LogP contribution in [0.15, 0.2) is 47.0 Å². The number of hydrogen-bond acceptors (Lipinski definition) is 4. The summed E-state index contributed by atoms with van der Waals surface area (Å²) in [4.78, 5) is 4.15. The number of halogens is 1. The van der Waals surface area contributed by atoms with Gasteiger partial charge in [0.05, 0.1) is 5.56 Å². The Labute approximate surface area is 114 Å². The monoisotopic (exact) mass is 270 g/mol. The summed E-state index contributed by atoms with van der Waals surface area (Å²) in [6, 6.07) is 11.3. The molecule has 1 N–H and O–H groups in total. The van der Waals surface area contributed by atoms with Gasteiger partial charge in [0.2, 0.25) is 5.82 Å². The summed E-state index contributed by atoms with van der Waals surface area (Å²) in [6.07, 6.45) is 0. The van der Waals surface area contributed by atoms with E-state index in [1.54, 1.807) is 37.3 Å². The largest absolute Gasteiger partial charge is 0.508 e. The first kappa shape index (κ1) is 12.3. The molecule has 0 aliphatic carbocycles. The van der Waals surface area contributed by atoms with Crippen molar-refractivity contribution >= 4 is 0 Å². The lowest BCUT2D eigenvalue weighted by Crippen LogP contribution is -1.86. The molecule has 2 aromatic carbocycles. The predicted molar refractivity (Wildman–Crippen MR) is 71.5 cm³/mol. The van der Waals surface area contributed by atoms with Crippen molar-refractivity contribution in [3.63, 3.8) is 0 Å². The lowest BCUT2D eigenvalue weighted by molar-refractivity contribution is 0.431. The van der Waals surface area contributed by atoms with Crippen LogP contribution in [0.3, 0.4) is 0 Å². The van der Waals surface area contributed by atoms with Crippen LogP contribution in [0.5, 0.6) is 5.75 Å². The summed E-state index contributed by atoms with van der Waals surface area (Å²) in [5.41, 5.74) is 1.62. The van der Waals surface area contributed by atoms with Crippen molar-refractivity contribution in [3.8, 4) is 28.6 Å². The number of aromatic hydroxyl groups is 1. The van der Waals surface area contributed by atoms with Crippen LogP contribution < -0.4 is 0 Å². The first-order valence-electron chi connectivity index (χ1n) is 6.04. The summed E-state index contributed by atoms with van der Waals surface area (Å²) in [5.74, 6) is 0.150. The molecule has 4 nitrogen and oxygen atoms in total. The third-order valence-electron chi connectivity index (χ3n) is 3.00. The van der Waals surface area contributed by atoms with E-state index in [-0.39, 0.29) is 23.0 Å². The fraction of sp³-hybridized carbons (Fsp3) is 0.0667. The number of hydrogen-bond donors (Lipinski definition) is 1. The van der Waals surface area contributed by atoms with Crippen molar-refractivity contribution in [2.45, 2.75) is 6.92 Å². The molecule has 0 saturated heterocycles. The molecule has 5 heteroatoms. The van der Waals surface area contributed by atoms with Crippen LogP contribution in [-0.4, -0.2) is 15.2 Å². The minimum absolute atomic E-state index is 0.146. The molecule has 0 amide bonds. The van der Waals surface area contributed by atoms with E-state index in [1.807, 2.05) is 0 Å². The van der Waals surface area contributed by atoms with Crippen LogP contribution in [0.25, 0.3) is 22.8 Å². The Morgan fingerprint density at radius 1 is 1.15 bits per heavy atom. The minimum Gasteiger partial charge on any atom is -0.508 e. The zero-order valence-electron chi connectivity index (χ0n) is 10.7. The molecule has 20 heavy (non-hydrogen) atoms. The number of phenols is 1. The summed E-state index contributed by atoms with van der Waals surface area (Å²) in [5, 5.41) is 13.4.